The summed E-state index contributed by atoms with van der Waals surface area (Å²) in [6.45, 7) is 11.3. The highest BCUT2D eigenvalue weighted by Crippen LogP contribution is 2.14. The molecule has 1 aliphatic heterocycles. The molecule has 0 bridgehead atoms. The quantitative estimate of drug-likeness (QED) is 0.0380. The van der Waals surface area contributed by atoms with Gasteiger partial charge >= 0.3 is 11.9 Å². The summed E-state index contributed by atoms with van der Waals surface area (Å²) in [6.07, 6.45) is 44.4. The van der Waals surface area contributed by atoms with Crippen molar-refractivity contribution in [2.24, 2.45) is 0 Å². The Hall–Kier alpha value is -1.79. The molecule has 0 aromatic heterocycles. The highest BCUT2D eigenvalue weighted by Gasteiger charge is 2.22. The molecule has 0 spiro atoms. The first kappa shape index (κ1) is 49.2. The standard InChI is InChI=1S/C43H75NO4S.C2H6/c1-3-5-7-9-11-13-15-17-19-21-23-25-27-29-31-33-42(45)47-40-41(39-44-35-37-49-38-36-44)48-43(46)34-32-30-28-26-24-22-20-18-16-14-12-10-8-6-4-2;1-2/h11-14,17-20,41H,3-10,15-16,21-40H2,1-2H3;1-2H3/b13-11-,14-12-,19-17-,20-18-;. The van der Waals surface area contributed by atoms with E-state index in [2.05, 4.69) is 67.4 Å². The van der Waals surface area contributed by atoms with Gasteiger partial charge in [0.25, 0.3) is 0 Å². The van der Waals surface area contributed by atoms with Gasteiger partial charge in [-0.25, -0.2) is 0 Å². The molecular weight excluding hydrogens is 651 g/mol. The second kappa shape index (κ2) is 41.0. The lowest BCUT2D eigenvalue weighted by Gasteiger charge is -2.29. The molecule has 1 fully saturated rings. The molecule has 296 valence electrons. The average molecular weight is 732 g/mol. The van der Waals surface area contributed by atoms with E-state index >= 15 is 0 Å². The van der Waals surface area contributed by atoms with Crippen LogP contribution < -0.4 is 0 Å². The molecule has 1 rings (SSSR count). The summed E-state index contributed by atoms with van der Waals surface area (Å²) in [6, 6.07) is 0. The number of thioether (sulfide) groups is 1. The molecule has 0 saturated carbocycles. The molecule has 0 aromatic rings. The lowest BCUT2D eigenvalue weighted by atomic mass is 10.1. The van der Waals surface area contributed by atoms with Crippen molar-refractivity contribution >= 4 is 23.7 Å². The summed E-state index contributed by atoms with van der Waals surface area (Å²) in [5.74, 6) is 1.86. The van der Waals surface area contributed by atoms with Gasteiger partial charge in [0.15, 0.2) is 0 Å². The average Bonchev–Trinajstić information content (AvgIpc) is 3.15. The van der Waals surface area contributed by atoms with Crippen molar-refractivity contribution in [3.63, 3.8) is 0 Å². The van der Waals surface area contributed by atoms with Crippen LogP contribution in [-0.2, 0) is 19.1 Å². The number of ether oxygens (including phenoxy) is 2. The Bertz CT molecular complexity index is 877. The highest BCUT2D eigenvalue weighted by molar-refractivity contribution is 7.99. The first-order chi connectivity index (χ1) is 25.2. The van der Waals surface area contributed by atoms with Gasteiger partial charge in [0, 0.05) is 44.0 Å². The van der Waals surface area contributed by atoms with Gasteiger partial charge in [0.1, 0.15) is 12.7 Å². The Morgan fingerprint density at radius 3 is 1.45 bits per heavy atom. The summed E-state index contributed by atoms with van der Waals surface area (Å²) in [5, 5.41) is 0. The number of carbonyl (C=O) groups is 2. The number of nitrogens with zero attached hydrogens (tertiary/aromatic N) is 1. The van der Waals surface area contributed by atoms with Crippen molar-refractivity contribution in [2.45, 2.75) is 188 Å². The lowest BCUT2D eigenvalue weighted by molar-refractivity contribution is -0.160. The number of hydrogen-bond donors (Lipinski definition) is 0. The van der Waals surface area contributed by atoms with E-state index in [0.29, 0.717) is 19.4 Å². The van der Waals surface area contributed by atoms with Gasteiger partial charge in [0.2, 0.25) is 0 Å². The second-order valence-corrected chi connectivity index (χ2v) is 14.9. The summed E-state index contributed by atoms with van der Waals surface area (Å²) in [7, 11) is 0. The number of esters is 2. The summed E-state index contributed by atoms with van der Waals surface area (Å²) >= 11 is 1.96. The van der Waals surface area contributed by atoms with Crippen molar-refractivity contribution in [1.29, 1.82) is 0 Å². The van der Waals surface area contributed by atoms with Crippen LogP contribution in [0.2, 0.25) is 0 Å². The van der Waals surface area contributed by atoms with E-state index in [1.54, 1.807) is 0 Å². The topological polar surface area (TPSA) is 55.8 Å². The molecule has 0 amide bonds. The van der Waals surface area contributed by atoms with E-state index in [1.807, 2.05) is 25.6 Å². The van der Waals surface area contributed by atoms with Crippen LogP contribution in [0, 0.1) is 0 Å². The van der Waals surface area contributed by atoms with Crippen molar-refractivity contribution in [3.8, 4) is 0 Å². The van der Waals surface area contributed by atoms with Crippen molar-refractivity contribution in [2.75, 3.05) is 37.7 Å². The number of allylic oxidation sites excluding steroid dienone is 8. The molecule has 5 nitrogen and oxygen atoms in total. The zero-order chi connectivity index (χ0) is 37.3. The van der Waals surface area contributed by atoms with E-state index in [1.165, 1.54) is 77.0 Å². The Balaban J connectivity index is 0.0000123. The SMILES string of the molecule is CC.CCCCC/C=C\C/C=C\CCCCCCCC(=O)OCC(CN1CCSCC1)OC(=O)CCCCCCC/C=C\C/C=C\CCCCC. The fourth-order valence-electron chi connectivity index (χ4n) is 5.86. The van der Waals surface area contributed by atoms with Crippen LogP contribution in [0.25, 0.3) is 0 Å². The molecular formula is C45H81NO4S. The largest absolute Gasteiger partial charge is 0.462 e. The van der Waals surface area contributed by atoms with E-state index in [0.717, 1.165) is 88.8 Å². The van der Waals surface area contributed by atoms with E-state index in [-0.39, 0.29) is 24.6 Å². The summed E-state index contributed by atoms with van der Waals surface area (Å²) in [5.41, 5.74) is 0. The van der Waals surface area contributed by atoms with Crippen LogP contribution in [0.15, 0.2) is 48.6 Å². The molecule has 0 N–H and O–H groups in total. The van der Waals surface area contributed by atoms with Crippen molar-refractivity contribution in [1.82, 2.24) is 4.90 Å². The Kier molecular flexibility index (Phi) is 39.5. The fraction of sp³-hybridized carbons (Fsp3) is 0.778. The smallest absolute Gasteiger partial charge is 0.306 e. The maximum Gasteiger partial charge on any atom is 0.306 e. The molecule has 1 saturated heterocycles. The highest BCUT2D eigenvalue weighted by atomic mass is 32.2. The van der Waals surface area contributed by atoms with Gasteiger partial charge in [-0.1, -0.05) is 141 Å². The molecule has 0 aliphatic carbocycles. The van der Waals surface area contributed by atoms with Crippen LogP contribution >= 0.6 is 11.8 Å². The van der Waals surface area contributed by atoms with Gasteiger partial charge in [-0.3, -0.25) is 14.5 Å². The number of rotatable bonds is 33. The zero-order valence-electron chi connectivity index (χ0n) is 33.9. The molecule has 1 atom stereocenters. The van der Waals surface area contributed by atoms with Crippen LogP contribution in [0.1, 0.15) is 182 Å². The van der Waals surface area contributed by atoms with E-state index in [9.17, 15) is 9.59 Å². The molecule has 6 heteroatoms. The molecule has 1 heterocycles. The van der Waals surface area contributed by atoms with Crippen molar-refractivity contribution < 1.29 is 19.1 Å². The molecule has 51 heavy (non-hydrogen) atoms. The molecule has 0 radical (unpaired) electrons. The maximum absolute atomic E-state index is 12.7. The number of hydrogen-bond acceptors (Lipinski definition) is 6. The van der Waals surface area contributed by atoms with Gasteiger partial charge in [-0.05, 0) is 77.0 Å². The van der Waals surface area contributed by atoms with Gasteiger partial charge in [-0.15, -0.1) is 0 Å². The van der Waals surface area contributed by atoms with E-state index < -0.39 is 0 Å². The Labute approximate surface area is 320 Å². The van der Waals surface area contributed by atoms with Crippen molar-refractivity contribution in [3.05, 3.63) is 48.6 Å². The normalized spacial score (nSPS) is 14.4. The zero-order valence-corrected chi connectivity index (χ0v) is 34.7. The monoisotopic (exact) mass is 732 g/mol. The number of carbonyl (C=O) groups excluding carboxylic acids is 2. The van der Waals surface area contributed by atoms with Crippen LogP contribution in [0.4, 0.5) is 0 Å². The predicted octanol–water partition coefficient (Wildman–Crippen LogP) is 13.1. The van der Waals surface area contributed by atoms with Crippen LogP contribution in [-0.4, -0.2) is 60.7 Å². The van der Waals surface area contributed by atoms with Gasteiger partial charge in [0.05, 0.1) is 0 Å². The summed E-state index contributed by atoms with van der Waals surface area (Å²) in [4.78, 5) is 27.5. The first-order valence-corrected chi connectivity index (χ1v) is 22.6. The Morgan fingerprint density at radius 1 is 0.569 bits per heavy atom. The molecule has 0 aromatic carbocycles. The predicted molar refractivity (Wildman–Crippen MR) is 225 cm³/mol. The minimum Gasteiger partial charge on any atom is -0.462 e. The third-order valence-corrected chi connectivity index (χ3v) is 9.90. The third kappa shape index (κ3) is 36.4. The first-order valence-electron chi connectivity index (χ1n) is 21.4. The minimum absolute atomic E-state index is 0.160. The van der Waals surface area contributed by atoms with Gasteiger partial charge in [-0.2, -0.15) is 11.8 Å². The van der Waals surface area contributed by atoms with E-state index in [4.69, 9.17) is 9.47 Å². The lowest BCUT2D eigenvalue weighted by Crippen LogP contribution is -2.42. The van der Waals surface area contributed by atoms with Gasteiger partial charge < -0.3 is 9.47 Å². The third-order valence-electron chi connectivity index (χ3n) is 8.96. The minimum atomic E-state index is -0.387. The summed E-state index contributed by atoms with van der Waals surface area (Å²) < 4.78 is 11.5. The molecule has 1 aliphatic rings. The second-order valence-electron chi connectivity index (χ2n) is 13.7. The fourth-order valence-corrected chi connectivity index (χ4v) is 6.84. The molecule has 1 unspecified atom stereocenters. The number of unbranched alkanes of at least 4 members (excludes halogenated alkanes) is 16. The van der Waals surface area contributed by atoms with Crippen LogP contribution in [0.5, 0.6) is 0 Å². The van der Waals surface area contributed by atoms with Crippen LogP contribution in [0.3, 0.4) is 0 Å². The maximum atomic E-state index is 12.7. The Morgan fingerprint density at radius 2 is 0.980 bits per heavy atom.